The standard InChI is InChI=1S/C22H23NO5.ClH/c1-26-20-9-3-15(13-21(20)27-2)11-12-23-14-18-8-10-19(28-18)16-4-6-17(7-5-16)22(24)25;/h3-10,13,23H,11-12,14H2,1-2H3,(H,24,25);1H. The Labute approximate surface area is 175 Å². The minimum Gasteiger partial charge on any atom is -0.493 e. The minimum atomic E-state index is -0.939. The van der Waals surface area contributed by atoms with Gasteiger partial charge in [-0.3, -0.25) is 0 Å². The van der Waals surface area contributed by atoms with Gasteiger partial charge in [-0.15, -0.1) is 12.4 Å². The van der Waals surface area contributed by atoms with E-state index in [-0.39, 0.29) is 18.0 Å². The molecule has 2 aromatic carbocycles. The predicted octanol–water partition coefficient (Wildman–Crippen LogP) is 4.42. The van der Waals surface area contributed by atoms with Gasteiger partial charge in [0, 0.05) is 5.56 Å². The van der Waals surface area contributed by atoms with Crippen molar-refractivity contribution in [3.8, 4) is 22.8 Å². The molecule has 0 atom stereocenters. The van der Waals surface area contributed by atoms with Crippen LogP contribution in [0.4, 0.5) is 0 Å². The number of rotatable bonds is 9. The average molecular weight is 418 g/mol. The zero-order valence-electron chi connectivity index (χ0n) is 16.3. The van der Waals surface area contributed by atoms with Gasteiger partial charge >= 0.3 is 5.97 Å². The highest BCUT2D eigenvalue weighted by Crippen LogP contribution is 2.27. The van der Waals surface area contributed by atoms with Crippen LogP contribution in [-0.4, -0.2) is 31.8 Å². The van der Waals surface area contributed by atoms with Crippen molar-refractivity contribution in [2.24, 2.45) is 0 Å². The molecule has 7 heteroatoms. The normalized spacial score (nSPS) is 10.3. The molecule has 0 amide bonds. The van der Waals surface area contributed by atoms with Crippen molar-refractivity contribution in [1.29, 1.82) is 0 Å². The molecular formula is C22H24ClNO5. The number of methoxy groups -OCH3 is 2. The molecule has 3 rings (SSSR count). The molecule has 154 valence electrons. The van der Waals surface area contributed by atoms with Crippen LogP contribution in [0.3, 0.4) is 0 Å². The molecule has 0 aliphatic carbocycles. The van der Waals surface area contributed by atoms with Gasteiger partial charge in [0.2, 0.25) is 0 Å². The average Bonchev–Trinajstić information content (AvgIpc) is 3.20. The molecule has 0 radical (unpaired) electrons. The third-order valence-corrected chi connectivity index (χ3v) is 4.42. The van der Waals surface area contributed by atoms with Crippen molar-refractivity contribution in [3.63, 3.8) is 0 Å². The Kier molecular flexibility index (Phi) is 8.12. The van der Waals surface area contributed by atoms with Crippen LogP contribution < -0.4 is 14.8 Å². The van der Waals surface area contributed by atoms with E-state index in [9.17, 15) is 4.79 Å². The zero-order valence-corrected chi connectivity index (χ0v) is 17.1. The van der Waals surface area contributed by atoms with Crippen LogP contribution in [0.2, 0.25) is 0 Å². The highest BCUT2D eigenvalue weighted by molar-refractivity contribution is 5.88. The van der Waals surface area contributed by atoms with Gasteiger partial charge in [0.25, 0.3) is 0 Å². The van der Waals surface area contributed by atoms with Crippen molar-refractivity contribution in [2.75, 3.05) is 20.8 Å². The topological polar surface area (TPSA) is 80.9 Å². The van der Waals surface area contributed by atoms with Crippen LogP contribution in [0.15, 0.2) is 59.0 Å². The van der Waals surface area contributed by atoms with Crippen molar-refractivity contribution in [1.82, 2.24) is 5.32 Å². The minimum absolute atomic E-state index is 0. The summed E-state index contributed by atoms with van der Waals surface area (Å²) in [5.74, 6) is 2.05. The second-order valence-electron chi connectivity index (χ2n) is 6.26. The summed E-state index contributed by atoms with van der Waals surface area (Å²) in [5, 5.41) is 12.3. The lowest BCUT2D eigenvalue weighted by Crippen LogP contribution is -2.16. The lowest BCUT2D eigenvalue weighted by atomic mass is 10.1. The van der Waals surface area contributed by atoms with Gasteiger partial charge in [0.15, 0.2) is 11.5 Å². The number of furan rings is 1. The Hall–Kier alpha value is -2.96. The second kappa shape index (κ2) is 10.5. The Morgan fingerprint density at radius 3 is 2.38 bits per heavy atom. The van der Waals surface area contributed by atoms with E-state index < -0.39 is 5.97 Å². The SMILES string of the molecule is COc1ccc(CCNCc2ccc(-c3ccc(C(=O)O)cc3)o2)cc1OC.Cl. The van der Waals surface area contributed by atoms with E-state index in [1.54, 1.807) is 38.5 Å². The maximum Gasteiger partial charge on any atom is 0.335 e. The number of hydrogen-bond donors (Lipinski definition) is 2. The summed E-state index contributed by atoms with van der Waals surface area (Å²) < 4.78 is 16.4. The summed E-state index contributed by atoms with van der Waals surface area (Å²) in [7, 11) is 3.25. The monoisotopic (exact) mass is 417 g/mol. The van der Waals surface area contributed by atoms with Crippen LogP contribution in [-0.2, 0) is 13.0 Å². The Bertz CT molecular complexity index is 937. The number of carboxylic acid groups (broad SMARTS) is 1. The summed E-state index contributed by atoms with van der Waals surface area (Å²) in [4.78, 5) is 10.9. The van der Waals surface area contributed by atoms with Crippen molar-refractivity contribution >= 4 is 18.4 Å². The van der Waals surface area contributed by atoms with Gasteiger partial charge in [-0.05, 0) is 54.9 Å². The smallest absolute Gasteiger partial charge is 0.335 e. The van der Waals surface area contributed by atoms with Gasteiger partial charge in [0.05, 0.1) is 26.3 Å². The molecule has 3 aromatic rings. The van der Waals surface area contributed by atoms with E-state index in [2.05, 4.69) is 5.32 Å². The van der Waals surface area contributed by atoms with Crippen LogP contribution in [0.25, 0.3) is 11.3 Å². The molecule has 6 nitrogen and oxygen atoms in total. The molecule has 0 bridgehead atoms. The van der Waals surface area contributed by atoms with E-state index in [0.29, 0.717) is 12.3 Å². The number of aromatic carboxylic acids is 1. The molecule has 0 aliphatic heterocycles. The van der Waals surface area contributed by atoms with Crippen molar-refractivity contribution in [3.05, 3.63) is 71.5 Å². The van der Waals surface area contributed by atoms with Crippen LogP contribution in [0.5, 0.6) is 11.5 Å². The van der Waals surface area contributed by atoms with Crippen LogP contribution in [0, 0.1) is 0 Å². The molecule has 1 aromatic heterocycles. The predicted molar refractivity (Wildman–Crippen MR) is 113 cm³/mol. The molecule has 2 N–H and O–H groups in total. The fourth-order valence-electron chi connectivity index (χ4n) is 2.89. The lowest BCUT2D eigenvalue weighted by molar-refractivity contribution is 0.0697. The van der Waals surface area contributed by atoms with E-state index in [1.807, 2.05) is 30.3 Å². The van der Waals surface area contributed by atoms with Gasteiger partial charge in [-0.1, -0.05) is 18.2 Å². The second-order valence-corrected chi connectivity index (χ2v) is 6.26. The molecular weight excluding hydrogens is 394 g/mol. The fourth-order valence-corrected chi connectivity index (χ4v) is 2.89. The van der Waals surface area contributed by atoms with E-state index in [1.165, 1.54) is 0 Å². The highest BCUT2D eigenvalue weighted by atomic mass is 35.5. The third kappa shape index (κ3) is 5.76. The zero-order chi connectivity index (χ0) is 19.9. The Balaban J connectivity index is 0.00000300. The number of carboxylic acids is 1. The number of benzene rings is 2. The molecule has 0 saturated carbocycles. The number of hydrogen-bond acceptors (Lipinski definition) is 5. The van der Waals surface area contributed by atoms with Crippen LogP contribution >= 0.6 is 12.4 Å². The number of ether oxygens (including phenoxy) is 2. The molecule has 0 fully saturated rings. The van der Waals surface area contributed by atoms with Gasteiger partial charge in [0.1, 0.15) is 11.5 Å². The van der Waals surface area contributed by atoms with E-state index >= 15 is 0 Å². The first-order chi connectivity index (χ1) is 13.6. The summed E-state index contributed by atoms with van der Waals surface area (Å²) >= 11 is 0. The lowest BCUT2D eigenvalue weighted by Gasteiger charge is -2.09. The van der Waals surface area contributed by atoms with Gasteiger partial charge < -0.3 is 24.3 Å². The Morgan fingerprint density at radius 1 is 1.00 bits per heavy atom. The van der Waals surface area contributed by atoms with Gasteiger partial charge in [-0.25, -0.2) is 4.79 Å². The molecule has 1 heterocycles. The summed E-state index contributed by atoms with van der Waals surface area (Å²) in [6, 6.07) is 16.4. The first-order valence-electron chi connectivity index (χ1n) is 8.95. The fraction of sp³-hybridized carbons (Fsp3) is 0.227. The summed E-state index contributed by atoms with van der Waals surface area (Å²) in [5.41, 5.74) is 2.26. The summed E-state index contributed by atoms with van der Waals surface area (Å²) in [6.07, 6.45) is 0.852. The Morgan fingerprint density at radius 2 is 1.72 bits per heavy atom. The molecule has 0 saturated heterocycles. The maximum absolute atomic E-state index is 10.9. The molecule has 29 heavy (non-hydrogen) atoms. The molecule has 0 spiro atoms. The van der Waals surface area contributed by atoms with Gasteiger partial charge in [-0.2, -0.15) is 0 Å². The largest absolute Gasteiger partial charge is 0.493 e. The third-order valence-electron chi connectivity index (χ3n) is 4.42. The number of nitrogens with one attached hydrogen (secondary N) is 1. The summed E-state index contributed by atoms with van der Waals surface area (Å²) in [6.45, 7) is 1.40. The molecule has 0 aliphatic rings. The van der Waals surface area contributed by atoms with Crippen molar-refractivity contribution in [2.45, 2.75) is 13.0 Å². The molecule has 0 unspecified atom stereocenters. The van der Waals surface area contributed by atoms with Crippen LogP contribution in [0.1, 0.15) is 21.7 Å². The number of halogens is 1. The maximum atomic E-state index is 10.9. The quantitative estimate of drug-likeness (QED) is 0.502. The van der Waals surface area contributed by atoms with Crippen molar-refractivity contribution < 1.29 is 23.8 Å². The van der Waals surface area contributed by atoms with E-state index in [0.717, 1.165) is 41.4 Å². The van der Waals surface area contributed by atoms with E-state index in [4.69, 9.17) is 19.0 Å². The number of carbonyl (C=O) groups is 1. The first kappa shape index (κ1) is 22.3. The highest BCUT2D eigenvalue weighted by Gasteiger charge is 2.08. The first-order valence-corrected chi connectivity index (χ1v) is 8.95.